The van der Waals surface area contributed by atoms with Crippen LogP contribution in [0.25, 0.3) is 0 Å². The lowest BCUT2D eigenvalue weighted by molar-refractivity contribution is -0.148. The molecule has 2 unspecified atom stereocenters. The summed E-state index contributed by atoms with van der Waals surface area (Å²) < 4.78 is 4.85. The van der Waals surface area contributed by atoms with Gasteiger partial charge < -0.3 is 9.63 Å². The van der Waals surface area contributed by atoms with Crippen molar-refractivity contribution in [1.29, 1.82) is 0 Å². The van der Waals surface area contributed by atoms with E-state index in [1.165, 1.54) is 0 Å². The summed E-state index contributed by atoms with van der Waals surface area (Å²) in [5.41, 5.74) is 0. The zero-order valence-electron chi connectivity index (χ0n) is 7.24. The number of esters is 1. The van der Waals surface area contributed by atoms with E-state index in [0.717, 1.165) is 0 Å². The van der Waals surface area contributed by atoms with Crippen LogP contribution in [0.15, 0.2) is 0 Å². The van der Waals surface area contributed by atoms with Crippen molar-refractivity contribution >= 4 is 24.9 Å². The Morgan fingerprint density at radius 1 is 1.58 bits per heavy atom. The maximum atomic E-state index is 11.0. The maximum Gasteiger partial charge on any atom is 0.323 e. The van der Waals surface area contributed by atoms with E-state index < -0.39 is 19.7 Å². The number of carbonyl (C=O) groups is 1. The summed E-state index contributed by atoms with van der Waals surface area (Å²) in [4.78, 5) is 19.8. The Balaban J connectivity index is 3.77. The SMILES string of the molecule is CC(C)OC(=O)C(C)NP(O)Cl. The Labute approximate surface area is 77.9 Å². The van der Waals surface area contributed by atoms with Gasteiger partial charge in [-0.15, -0.1) is 0 Å². The zero-order chi connectivity index (χ0) is 9.72. The van der Waals surface area contributed by atoms with Crippen molar-refractivity contribution in [2.24, 2.45) is 0 Å². The lowest BCUT2D eigenvalue weighted by Crippen LogP contribution is -2.32. The first-order chi connectivity index (χ1) is 5.43. The minimum atomic E-state index is -1.78. The molecular formula is C6H13ClNO3P. The molecule has 0 fully saturated rings. The Kier molecular flexibility index (Phi) is 5.76. The van der Waals surface area contributed by atoms with E-state index >= 15 is 0 Å². The number of carbonyl (C=O) groups excluding carboxylic acids is 1. The van der Waals surface area contributed by atoms with Gasteiger partial charge >= 0.3 is 5.97 Å². The average Bonchev–Trinajstić information content (AvgIpc) is 1.84. The van der Waals surface area contributed by atoms with E-state index in [9.17, 15) is 4.79 Å². The predicted molar refractivity (Wildman–Crippen MR) is 48.8 cm³/mol. The third kappa shape index (κ3) is 5.72. The van der Waals surface area contributed by atoms with Gasteiger partial charge in [-0.2, -0.15) is 0 Å². The smallest absolute Gasteiger partial charge is 0.323 e. The van der Waals surface area contributed by atoms with Crippen LogP contribution in [-0.2, 0) is 9.53 Å². The fourth-order valence-electron chi connectivity index (χ4n) is 0.547. The van der Waals surface area contributed by atoms with Gasteiger partial charge in [-0.25, -0.2) is 5.09 Å². The van der Waals surface area contributed by atoms with E-state index in [-0.39, 0.29) is 6.10 Å². The summed E-state index contributed by atoms with van der Waals surface area (Å²) in [5.74, 6) is -0.410. The summed E-state index contributed by atoms with van der Waals surface area (Å²) in [6.45, 7) is 5.10. The van der Waals surface area contributed by atoms with Gasteiger partial charge in [-0.3, -0.25) is 4.79 Å². The Morgan fingerprint density at radius 3 is 2.42 bits per heavy atom. The molecule has 0 aromatic carbocycles. The number of ether oxygens (including phenoxy) is 1. The molecule has 0 aliphatic heterocycles. The molecule has 2 N–H and O–H groups in total. The molecule has 0 aliphatic rings. The van der Waals surface area contributed by atoms with Crippen LogP contribution in [0.5, 0.6) is 0 Å². The standard InChI is InChI=1S/C6H13ClNO3P/c1-4(2)11-6(9)5(3)8-12(7)10/h4-5,8,10H,1-3H3. The van der Waals surface area contributed by atoms with Gasteiger partial charge in [0.15, 0.2) is 0 Å². The summed E-state index contributed by atoms with van der Waals surface area (Å²) in [7, 11) is -1.78. The summed E-state index contributed by atoms with van der Waals surface area (Å²) in [6, 6.07) is -0.569. The lowest BCUT2D eigenvalue weighted by atomic mass is 10.4. The van der Waals surface area contributed by atoms with Gasteiger partial charge in [0.05, 0.1) is 6.10 Å². The van der Waals surface area contributed by atoms with E-state index in [2.05, 4.69) is 5.09 Å². The van der Waals surface area contributed by atoms with Gasteiger partial charge in [0.25, 0.3) is 0 Å². The minimum absolute atomic E-state index is 0.151. The second kappa shape index (κ2) is 5.70. The van der Waals surface area contributed by atoms with Crippen molar-refractivity contribution in [3.63, 3.8) is 0 Å². The van der Waals surface area contributed by atoms with Gasteiger partial charge in [-0.05, 0) is 32.0 Å². The summed E-state index contributed by atoms with van der Waals surface area (Å²) in [6.07, 6.45) is -0.151. The first-order valence-corrected chi connectivity index (χ1v) is 5.75. The molecule has 0 saturated carbocycles. The van der Waals surface area contributed by atoms with Crippen LogP contribution in [0, 0.1) is 0 Å². The second-order valence-corrected chi connectivity index (χ2v) is 4.34. The van der Waals surface area contributed by atoms with E-state index in [0.29, 0.717) is 0 Å². The van der Waals surface area contributed by atoms with Crippen LogP contribution >= 0.6 is 18.9 Å². The van der Waals surface area contributed by atoms with Gasteiger partial charge in [0.2, 0.25) is 7.65 Å². The average molecular weight is 214 g/mol. The van der Waals surface area contributed by atoms with E-state index in [1.807, 2.05) is 0 Å². The highest BCUT2D eigenvalue weighted by Crippen LogP contribution is 2.30. The van der Waals surface area contributed by atoms with Crippen LogP contribution in [0.3, 0.4) is 0 Å². The van der Waals surface area contributed by atoms with Gasteiger partial charge in [0.1, 0.15) is 6.04 Å². The first-order valence-electron chi connectivity index (χ1n) is 3.55. The highest BCUT2D eigenvalue weighted by Gasteiger charge is 2.17. The number of hydrogen-bond donors (Lipinski definition) is 2. The molecule has 6 heteroatoms. The molecule has 0 saturated heterocycles. The topological polar surface area (TPSA) is 58.6 Å². The molecule has 2 atom stereocenters. The Morgan fingerprint density at radius 2 is 2.08 bits per heavy atom. The summed E-state index contributed by atoms with van der Waals surface area (Å²) >= 11 is 5.25. The number of hydrogen-bond acceptors (Lipinski definition) is 4. The van der Waals surface area contributed by atoms with Crippen LogP contribution < -0.4 is 5.09 Å². The Hall–Kier alpha value is 0.110. The second-order valence-electron chi connectivity index (χ2n) is 2.60. The molecule has 0 spiro atoms. The first kappa shape index (κ1) is 12.1. The zero-order valence-corrected chi connectivity index (χ0v) is 8.89. The van der Waals surface area contributed by atoms with Crippen LogP contribution in [0.2, 0.25) is 0 Å². The number of rotatable bonds is 4. The van der Waals surface area contributed by atoms with Crippen molar-refractivity contribution in [2.45, 2.75) is 32.9 Å². The fraction of sp³-hybridized carbons (Fsp3) is 0.833. The molecular weight excluding hydrogens is 200 g/mol. The van der Waals surface area contributed by atoms with Crippen molar-refractivity contribution in [1.82, 2.24) is 5.09 Å². The normalized spacial score (nSPS) is 15.8. The molecule has 0 rings (SSSR count). The maximum absolute atomic E-state index is 11.0. The molecule has 0 bridgehead atoms. The largest absolute Gasteiger partial charge is 0.462 e. The molecule has 0 radical (unpaired) electrons. The highest BCUT2D eigenvalue weighted by atomic mass is 35.7. The third-order valence-corrected chi connectivity index (χ3v) is 1.90. The molecule has 4 nitrogen and oxygen atoms in total. The van der Waals surface area contributed by atoms with Gasteiger partial charge in [0, 0.05) is 0 Å². The monoisotopic (exact) mass is 213 g/mol. The van der Waals surface area contributed by atoms with Crippen LogP contribution in [-0.4, -0.2) is 23.0 Å². The van der Waals surface area contributed by atoms with Crippen LogP contribution in [0.1, 0.15) is 20.8 Å². The minimum Gasteiger partial charge on any atom is -0.462 e. The molecule has 0 heterocycles. The van der Waals surface area contributed by atoms with E-state index in [1.54, 1.807) is 20.8 Å². The lowest BCUT2D eigenvalue weighted by Gasteiger charge is -2.14. The number of halogens is 1. The predicted octanol–water partition coefficient (Wildman–Crippen LogP) is 1.37. The fourth-order valence-corrected chi connectivity index (χ4v) is 1.41. The molecule has 0 amide bonds. The van der Waals surface area contributed by atoms with Crippen molar-refractivity contribution in [2.75, 3.05) is 0 Å². The molecule has 72 valence electrons. The summed E-state index contributed by atoms with van der Waals surface area (Å²) in [5, 5.41) is 2.46. The Bertz CT molecular complexity index is 154. The molecule has 12 heavy (non-hydrogen) atoms. The number of nitrogens with one attached hydrogen (secondary N) is 1. The van der Waals surface area contributed by atoms with Crippen molar-refractivity contribution in [3.05, 3.63) is 0 Å². The molecule has 0 aromatic rings. The van der Waals surface area contributed by atoms with Crippen molar-refractivity contribution in [3.8, 4) is 0 Å². The van der Waals surface area contributed by atoms with Crippen LogP contribution in [0.4, 0.5) is 0 Å². The molecule has 0 aliphatic carbocycles. The quantitative estimate of drug-likeness (QED) is 0.547. The van der Waals surface area contributed by atoms with E-state index in [4.69, 9.17) is 20.9 Å². The third-order valence-electron chi connectivity index (χ3n) is 1.01. The van der Waals surface area contributed by atoms with Gasteiger partial charge in [-0.1, -0.05) is 0 Å². The van der Waals surface area contributed by atoms with Crippen molar-refractivity contribution < 1.29 is 14.4 Å². The molecule has 0 aromatic heterocycles. The highest BCUT2D eigenvalue weighted by molar-refractivity contribution is 7.77.